The minimum atomic E-state index is -0.909. The number of methoxy groups -OCH3 is 2. The van der Waals surface area contributed by atoms with Crippen LogP contribution in [0, 0.1) is 0 Å². The van der Waals surface area contributed by atoms with Gasteiger partial charge in [-0.1, -0.05) is 54.6 Å². The lowest BCUT2D eigenvalue weighted by atomic mass is 9.74. The van der Waals surface area contributed by atoms with Crippen molar-refractivity contribution in [3.8, 4) is 17.2 Å². The molecule has 0 aromatic heterocycles. The third-order valence-corrected chi connectivity index (χ3v) is 5.99. The van der Waals surface area contributed by atoms with E-state index in [0.717, 1.165) is 17.5 Å². The summed E-state index contributed by atoms with van der Waals surface area (Å²) in [7, 11) is 3.15. The predicted molar refractivity (Wildman–Crippen MR) is 114 cm³/mol. The van der Waals surface area contributed by atoms with E-state index in [9.17, 15) is 4.79 Å². The quantitative estimate of drug-likeness (QED) is 0.631. The fourth-order valence-corrected chi connectivity index (χ4v) is 4.62. The summed E-state index contributed by atoms with van der Waals surface area (Å²) in [5.41, 5.74) is 2.23. The molecule has 2 aliphatic heterocycles. The van der Waals surface area contributed by atoms with Gasteiger partial charge in [-0.25, -0.2) is 4.79 Å². The van der Waals surface area contributed by atoms with Gasteiger partial charge in [-0.3, -0.25) is 0 Å². The topological polar surface area (TPSA) is 57.2 Å². The fourth-order valence-electron chi connectivity index (χ4n) is 4.62. The summed E-state index contributed by atoms with van der Waals surface area (Å²) < 4.78 is 17.1. The zero-order valence-corrected chi connectivity index (χ0v) is 17.4. The van der Waals surface area contributed by atoms with Gasteiger partial charge in [0.15, 0.2) is 5.54 Å². The van der Waals surface area contributed by atoms with E-state index >= 15 is 0 Å². The van der Waals surface area contributed by atoms with E-state index in [0.29, 0.717) is 23.8 Å². The molecule has 6 heteroatoms. The smallest absolute Gasteiger partial charge is 0.369 e. The fraction of sp³-hybridized carbons (Fsp3) is 0.240. The molecule has 2 unspecified atom stereocenters. The van der Waals surface area contributed by atoms with Crippen LogP contribution < -0.4 is 14.2 Å². The van der Waals surface area contributed by atoms with Crippen molar-refractivity contribution < 1.29 is 23.8 Å². The number of nitrogens with zero attached hydrogens (tertiary/aromatic N) is 1. The highest BCUT2D eigenvalue weighted by molar-refractivity contribution is 5.81. The van der Waals surface area contributed by atoms with Crippen LogP contribution in [0.4, 0.5) is 0 Å². The third-order valence-electron chi connectivity index (χ3n) is 5.99. The van der Waals surface area contributed by atoms with E-state index in [1.807, 2.05) is 42.5 Å². The molecule has 1 fully saturated rings. The molecule has 5 rings (SSSR count). The molecule has 0 N–H and O–H groups in total. The van der Waals surface area contributed by atoms with Crippen molar-refractivity contribution in [3.63, 3.8) is 0 Å². The average molecular weight is 417 g/mol. The zero-order chi connectivity index (χ0) is 21.4. The van der Waals surface area contributed by atoms with E-state index < -0.39 is 17.6 Å². The summed E-state index contributed by atoms with van der Waals surface area (Å²) in [6.45, 7) is 0.582. The van der Waals surface area contributed by atoms with Gasteiger partial charge in [-0.05, 0) is 23.1 Å². The van der Waals surface area contributed by atoms with Crippen molar-refractivity contribution in [2.45, 2.75) is 18.1 Å². The number of carbonyl (C=O) groups is 1. The maximum absolute atomic E-state index is 13.2. The number of carbonyl (C=O) groups excluding carboxylic acids is 1. The van der Waals surface area contributed by atoms with Crippen LogP contribution in [-0.2, 0) is 21.6 Å². The van der Waals surface area contributed by atoms with E-state index in [2.05, 4.69) is 12.1 Å². The Bertz CT molecular complexity index is 1090. The first-order valence-electron chi connectivity index (χ1n) is 10.2. The summed E-state index contributed by atoms with van der Waals surface area (Å²) in [6, 6.07) is 23.3. The lowest BCUT2D eigenvalue weighted by Crippen LogP contribution is -2.54. The van der Waals surface area contributed by atoms with Crippen molar-refractivity contribution in [1.82, 2.24) is 5.06 Å². The van der Waals surface area contributed by atoms with Gasteiger partial charge in [0.2, 0.25) is 6.10 Å². The number of hydrogen-bond acceptors (Lipinski definition) is 6. The minimum Gasteiger partial charge on any atom is -0.496 e. The van der Waals surface area contributed by atoms with E-state index in [4.69, 9.17) is 19.0 Å². The largest absolute Gasteiger partial charge is 0.496 e. The zero-order valence-electron chi connectivity index (χ0n) is 17.4. The lowest BCUT2D eigenvalue weighted by Gasteiger charge is -2.42. The number of hydroxylamine groups is 2. The second-order valence-corrected chi connectivity index (χ2v) is 7.60. The second-order valence-electron chi connectivity index (χ2n) is 7.60. The van der Waals surface area contributed by atoms with Crippen molar-refractivity contribution in [3.05, 3.63) is 89.5 Å². The van der Waals surface area contributed by atoms with Gasteiger partial charge in [-0.2, -0.15) is 0 Å². The molecule has 31 heavy (non-hydrogen) atoms. The molecule has 0 saturated carbocycles. The van der Waals surface area contributed by atoms with Crippen LogP contribution in [0.3, 0.4) is 0 Å². The van der Waals surface area contributed by atoms with Crippen LogP contribution in [0.5, 0.6) is 17.2 Å². The molecular formula is C25H23NO5. The Balaban J connectivity index is 1.69. The first-order chi connectivity index (χ1) is 15.2. The Labute approximate surface area is 180 Å². The molecule has 3 aromatic rings. The highest BCUT2D eigenvalue weighted by Crippen LogP contribution is 2.49. The Kier molecular flexibility index (Phi) is 4.79. The average Bonchev–Trinajstić information content (AvgIpc) is 3.11. The maximum Gasteiger partial charge on any atom is 0.369 e. The van der Waals surface area contributed by atoms with Gasteiger partial charge in [0, 0.05) is 24.7 Å². The highest BCUT2D eigenvalue weighted by Gasteiger charge is 2.62. The lowest BCUT2D eigenvalue weighted by molar-refractivity contribution is -0.184. The Morgan fingerprint density at radius 1 is 0.903 bits per heavy atom. The molecule has 158 valence electrons. The molecule has 2 heterocycles. The number of rotatable bonds is 5. The summed E-state index contributed by atoms with van der Waals surface area (Å²) in [4.78, 5) is 19.0. The van der Waals surface area contributed by atoms with Crippen LogP contribution in [-0.4, -0.2) is 37.9 Å². The van der Waals surface area contributed by atoms with Gasteiger partial charge in [0.05, 0.1) is 14.2 Å². The third kappa shape index (κ3) is 3.02. The minimum absolute atomic E-state index is 0.428. The second kappa shape index (κ2) is 7.63. The molecule has 0 bridgehead atoms. The number of hydrogen-bond donors (Lipinski definition) is 0. The first-order valence-corrected chi connectivity index (χ1v) is 10.2. The van der Waals surface area contributed by atoms with Crippen LogP contribution in [0.25, 0.3) is 0 Å². The summed E-state index contributed by atoms with van der Waals surface area (Å²) >= 11 is 0. The maximum atomic E-state index is 13.2. The predicted octanol–water partition coefficient (Wildman–Crippen LogP) is 3.72. The van der Waals surface area contributed by atoms with Crippen molar-refractivity contribution in [2.24, 2.45) is 0 Å². The van der Waals surface area contributed by atoms with E-state index in [1.165, 1.54) is 5.56 Å². The normalized spacial score (nSPS) is 22.3. The van der Waals surface area contributed by atoms with Crippen molar-refractivity contribution in [2.75, 3.05) is 20.8 Å². The van der Waals surface area contributed by atoms with Crippen LogP contribution >= 0.6 is 0 Å². The number of benzene rings is 3. The molecule has 2 aliphatic rings. The molecule has 0 spiro atoms. The summed E-state index contributed by atoms with van der Waals surface area (Å²) in [5.74, 6) is 1.20. The Morgan fingerprint density at radius 3 is 2.26 bits per heavy atom. The van der Waals surface area contributed by atoms with E-state index in [1.54, 1.807) is 37.5 Å². The SMILES string of the molecule is COc1cc(OC)cc(OC2C(=O)ON3CCc4ccccc4C23c2ccccc2)c1. The van der Waals surface area contributed by atoms with Gasteiger partial charge in [0.1, 0.15) is 17.2 Å². The van der Waals surface area contributed by atoms with Gasteiger partial charge >= 0.3 is 5.97 Å². The van der Waals surface area contributed by atoms with Gasteiger partial charge in [-0.15, -0.1) is 5.06 Å². The van der Waals surface area contributed by atoms with Gasteiger partial charge in [0.25, 0.3) is 0 Å². The van der Waals surface area contributed by atoms with Gasteiger partial charge < -0.3 is 19.0 Å². The number of fused-ring (bicyclic) bond motifs is 3. The molecule has 0 radical (unpaired) electrons. The number of ether oxygens (including phenoxy) is 3. The monoisotopic (exact) mass is 417 g/mol. The van der Waals surface area contributed by atoms with Crippen molar-refractivity contribution in [1.29, 1.82) is 0 Å². The van der Waals surface area contributed by atoms with Crippen LogP contribution in [0.2, 0.25) is 0 Å². The first kappa shape index (κ1) is 19.5. The Morgan fingerprint density at radius 2 is 1.55 bits per heavy atom. The van der Waals surface area contributed by atoms with Crippen LogP contribution in [0.15, 0.2) is 72.8 Å². The highest BCUT2D eigenvalue weighted by atomic mass is 16.7. The molecule has 0 amide bonds. The van der Waals surface area contributed by atoms with Crippen molar-refractivity contribution >= 4 is 5.97 Å². The molecule has 1 saturated heterocycles. The summed E-state index contributed by atoms with van der Waals surface area (Å²) in [6.07, 6.45) is -0.120. The molecule has 0 aliphatic carbocycles. The molecule has 3 aromatic carbocycles. The molecule has 6 nitrogen and oxygen atoms in total. The standard InChI is InChI=1S/C25H23NO5/c1-28-19-14-20(29-2)16-21(15-19)30-23-24(27)31-26-13-12-17-8-6-7-11-22(17)25(23,26)18-9-4-3-5-10-18/h3-11,14-16,23H,12-13H2,1-2H3. The Hall–Kier alpha value is -3.51. The molecule has 2 atom stereocenters. The summed E-state index contributed by atoms with van der Waals surface area (Å²) in [5, 5.41) is 1.77. The molecular weight excluding hydrogens is 394 g/mol. The van der Waals surface area contributed by atoms with Crippen LogP contribution in [0.1, 0.15) is 16.7 Å². The van der Waals surface area contributed by atoms with E-state index in [-0.39, 0.29) is 0 Å².